The van der Waals surface area contributed by atoms with Crippen molar-refractivity contribution in [3.8, 4) is 11.9 Å². The summed E-state index contributed by atoms with van der Waals surface area (Å²) < 4.78 is 18.8. The SMILES string of the molecule is CCOc1nc(N)nc(N[C@@H](C)C(=O)Nc2cc(CF)cc(C(=O)NCCCN3CCCC3)c2)c1C#N. The van der Waals surface area contributed by atoms with Crippen LogP contribution in [0.15, 0.2) is 18.2 Å². The largest absolute Gasteiger partial charge is 0.477 e. The number of carbonyl (C=O) groups excluding carboxylic acids is 2. The van der Waals surface area contributed by atoms with Gasteiger partial charge in [0.15, 0.2) is 11.4 Å². The first-order valence-electron chi connectivity index (χ1n) is 12.3. The molecule has 2 aromatic rings. The Labute approximate surface area is 215 Å². The van der Waals surface area contributed by atoms with Crippen molar-refractivity contribution >= 4 is 29.3 Å². The molecule has 0 spiro atoms. The van der Waals surface area contributed by atoms with Gasteiger partial charge >= 0.3 is 0 Å². The highest BCUT2D eigenvalue weighted by molar-refractivity contribution is 5.99. The number of hydrogen-bond acceptors (Lipinski definition) is 9. The number of nitriles is 1. The van der Waals surface area contributed by atoms with Crippen molar-refractivity contribution in [2.75, 3.05) is 49.2 Å². The number of nitrogens with one attached hydrogen (secondary N) is 3. The number of benzene rings is 1. The van der Waals surface area contributed by atoms with Crippen LogP contribution in [0.3, 0.4) is 0 Å². The van der Waals surface area contributed by atoms with Gasteiger partial charge in [-0.1, -0.05) is 0 Å². The van der Waals surface area contributed by atoms with Crippen LogP contribution in [-0.2, 0) is 11.5 Å². The van der Waals surface area contributed by atoms with Gasteiger partial charge in [-0.3, -0.25) is 9.59 Å². The predicted octanol–water partition coefficient (Wildman–Crippen LogP) is 2.45. The van der Waals surface area contributed by atoms with Crippen molar-refractivity contribution in [2.24, 2.45) is 0 Å². The molecule has 3 rings (SSSR count). The van der Waals surface area contributed by atoms with E-state index in [4.69, 9.17) is 10.5 Å². The summed E-state index contributed by atoms with van der Waals surface area (Å²) >= 11 is 0. The van der Waals surface area contributed by atoms with E-state index in [1.165, 1.54) is 31.0 Å². The van der Waals surface area contributed by atoms with E-state index in [0.29, 0.717) is 6.54 Å². The van der Waals surface area contributed by atoms with Crippen molar-refractivity contribution in [3.05, 3.63) is 34.9 Å². The molecule has 2 amide bonds. The summed E-state index contributed by atoms with van der Waals surface area (Å²) in [7, 11) is 0. The van der Waals surface area contributed by atoms with Gasteiger partial charge in [-0.2, -0.15) is 15.2 Å². The molecule has 0 unspecified atom stereocenters. The Morgan fingerprint density at radius 1 is 1.27 bits per heavy atom. The van der Waals surface area contributed by atoms with Crippen LogP contribution in [0, 0.1) is 11.3 Å². The van der Waals surface area contributed by atoms with Crippen molar-refractivity contribution in [3.63, 3.8) is 0 Å². The van der Waals surface area contributed by atoms with Crippen LogP contribution in [0.1, 0.15) is 54.6 Å². The normalized spacial score (nSPS) is 14.0. The third kappa shape index (κ3) is 7.75. The summed E-state index contributed by atoms with van der Waals surface area (Å²) in [5.74, 6) is -0.889. The third-order valence-electron chi connectivity index (χ3n) is 5.84. The van der Waals surface area contributed by atoms with Crippen LogP contribution >= 0.6 is 0 Å². The lowest BCUT2D eigenvalue weighted by Gasteiger charge is -2.17. The average molecular weight is 513 g/mol. The fourth-order valence-electron chi connectivity index (χ4n) is 4.01. The summed E-state index contributed by atoms with van der Waals surface area (Å²) in [6.45, 7) is 6.38. The number of carbonyl (C=O) groups is 2. The average Bonchev–Trinajstić information content (AvgIpc) is 3.40. The number of hydrogen-bond donors (Lipinski definition) is 4. The number of nitrogens with two attached hydrogens (primary N) is 1. The molecule has 1 fully saturated rings. The maximum Gasteiger partial charge on any atom is 0.251 e. The molecule has 2 heterocycles. The molecule has 5 N–H and O–H groups in total. The number of amides is 2. The molecule has 1 aromatic heterocycles. The maximum absolute atomic E-state index is 13.5. The number of alkyl halides is 1. The number of nitrogens with zero attached hydrogens (tertiary/aromatic N) is 4. The van der Waals surface area contributed by atoms with Crippen LogP contribution in [0.25, 0.3) is 0 Å². The third-order valence-corrected chi connectivity index (χ3v) is 5.84. The molecule has 1 saturated heterocycles. The number of ether oxygens (including phenoxy) is 1. The minimum Gasteiger partial charge on any atom is -0.477 e. The first kappa shape index (κ1) is 27.6. The zero-order valence-corrected chi connectivity index (χ0v) is 21.1. The summed E-state index contributed by atoms with van der Waals surface area (Å²) in [6.07, 6.45) is 3.25. The highest BCUT2D eigenvalue weighted by Crippen LogP contribution is 2.24. The number of rotatable bonds is 12. The summed E-state index contributed by atoms with van der Waals surface area (Å²) in [5.41, 5.74) is 6.51. The zero-order chi connectivity index (χ0) is 26.8. The topological polar surface area (TPSA) is 158 Å². The second kappa shape index (κ2) is 13.4. The van der Waals surface area contributed by atoms with Crippen molar-refractivity contribution < 1.29 is 18.7 Å². The Hall–Kier alpha value is -3.98. The second-order valence-corrected chi connectivity index (χ2v) is 8.72. The van der Waals surface area contributed by atoms with E-state index in [1.807, 2.05) is 6.07 Å². The number of halogens is 1. The van der Waals surface area contributed by atoms with Crippen LogP contribution in [0.2, 0.25) is 0 Å². The minimum absolute atomic E-state index is 0.0128. The summed E-state index contributed by atoms with van der Waals surface area (Å²) in [5, 5.41) is 17.9. The number of aromatic nitrogens is 2. The second-order valence-electron chi connectivity index (χ2n) is 8.72. The fourth-order valence-corrected chi connectivity index (χ4v) is 4.01. The summed E-state index contributed by atoms with van der Waals surface area (Å²) in [6, 6.07) is 5.51. The summed E-state index contributed by atoms with van der Waals surface area (Å²) in [4.78, 5) is 35.8. The van der Waals surface area contributed by atoms with Crippen LogP contribution in [-0.4, -0.2) is 65.5 Å². The molecule has 198 valence electrons. The molecule has 1 aliphatic heterocycles. The van der Waals surface area contributed by atoms with Gasteiger partial charge in [0.25, 0.3) is 5.91 Å². The molecule has 0 bridgehead atoms. The van der Waals surface area contributed by atoms with Gasteiger partial charge in [-0.25, -0.2) is 4.39 Å². The first-order chi connectivity index (χ1) is 17.8. The quantitative estimate of drug-likeness (QED) is 0.313. The van der Waals surface area contributed by atoms with Crippen LogP contribution in [0.4, 0.5) is 21.8 Å². The van der Waals surface area contributed by atoms with Gasteiger partial charge in [0.1, 0.15) is 18.8 Å². The van der Waals surface area contributed by atoms with E-state index < -0.39 is 18.6 Å². The molecular weight excluding hydrogens is 479 g/mol. The molecule has 0 saturated carbocycles. The van der Waals surface area contributed by atoms with E-state index in [0.717, 1.165) is 26.1 Å². The molecule has 0 aliphatic carbocycles. The lowest BCUT2D eigenvalue weighted by atomic mass is 10.1. The first-order valence-corrected chi connectivity index (χ1v) is 12.3. The van der Waals surface area contributed by atoms with E-state index in [-0.39, 0.29) is 52.5 Å². The smallest absolute Gasteiger partial charge is 0.251 e. The van der Waals surface area contributed by atoms with Crippen molar-refractivity contribution in [1.82, 2.24) is 20.2 Å². The lowest BCUT2D eigenvalue weighted by molar-refractivity contribution is -0.116. The maximum atomic E-state index is 13.5. The van der Waals surface area contributed by atoms with Gasteiger partial charge in [0.2, 0.25) is 17.7 Å². The van der Waals surface area contributed by atoms with Crippen LogP contribution < -0.4 is 26.4 Å². The van der Waals surface area contributed by atoms with Gasteiger partial charge in [0.05, 0.1) is 6.61 Å². The molecule has 11 nitrogen and oxygen atoms in total. The van der Waals surface area contributed by atoms with Gasteiger partial charge in [0, 0.05) is 17.8 Å². The van der Waals surface area contributed by atoms with Gasteiger partial charge in [-0.15, -0.1) is 0 Å². The Morgan fingerprint density at radius 3 is 2.70 bits per heavy atom. The van der Waals surface area contributed by atoms with Crippen LogP contribution in [0.5, 0.6) is 5.88 Å². The van der Waals surface area contributed by atoms with E-state index in [9.17, 15) is 19.2 Å². The molecule has 0 radical (unpaired) electrons. The lowest BCUT2D eigenvalue weighted by Crippen LogP contribution is -2.33. The Balaban J connectivity index is 1.64. The number of anilines is 3. The highest BCUT2D eigenvalue weighted by Gasteiger charge is 2.21. The van der Waals surface area contributed by atoms with E-state index >= 15 is 0 Å². The standard InChI is InChI=1S/C25H33FN8O3/c1-3-37-24-20(15-27)21(32-25(28)33-24)30-16(2)22(35)31-19-12-17(14-26)11-18(13-19)23(36)29-7-6-10-34-8-4-5-9-34/h11-13,16H,3-10,14H2,1-2H3,(H,29,36)(H,31,35)(H3,28,30,32,33)/t16-/m0/s1. The molecule has 1 aromatic carbocycles. The molecule has 1 atom stereocenters. The Morgan fingerprint density at radius 2 is 2.03 bits per heavy atom. The fraction of sp³-hybridized carbons (Fsp3) is 0.480. The predicted molar refractivity (Wildman–Crippen MR) is 138 cm³/mol. The van der Waals surface area contributed by atoms with Crippen molar-refractivity contribution in [2.45, 2.75) is 45.8 Å². The van der Waals surface area contributed by atoms with E-state index in [2.05, 4.69) is 30.8 Å². The minimum atomic E-state index is -0.868. The molecule has 37 heavy (non-hydrogen) atoms. The molecule has 12 heteroatoms. The zero-order valence-electron chi connectivity index (χ0n) is 21.1. The molecular formula is C25H33FN8O3. The van der Waals surface area contributed by atoms with Gasteiger partial charge in [-0.05, 0) is 76.5 Å². The monoisotopic (exact) mass is 512 g/mol. The van der Waals surface area contributed by atoms with E-state index in [1.54, 1.807) is 13.8 Å². The molecule has 1 aliphatic rings. The Bertz CT molecular complexity index is 1150. The van der Waals surface area contributed by atoms with Gasteiger partial charge < -0.3 is 31.3 Å². The highest BCUT2D eigenvalue weighted by atomic mass is 19.1. The van der Waals surface area contributed by atoms with Crippen molar-refractivity contribution in [1.29, 1.82) is 5.26 Å². The number of nitrogen functional groups attached to an aromatic ring is 1. The number of likely N-dealkylation sites (tertiary alicyclic amines) is 1. The Kier molecular flexibility index (Phi) is 9.97.